The van der Waals surface area contributed by atoms with Crippen molar-refractivity contribution in [2.45, 2.75) is 40.3 Å². The zero-order chi connectivity index (χ0) is 14.4. The van der Waals surface area contributed by atoms with Crippen LogP contribution in [0.5, 0.6) is 0 Å². The van der Waals surface area contributed by atoms with Crippen LogP contribution in [0, 0.1) is 13.8 Å². The molecule has 110 valence electrons. The SMILES string of the molecule is CCOCCCn1ccnc1NCc1cc(C)c(C)s1. The summed E-state index contributed by atoms with van der Waals surface area (Å²) in [4.78, 5) is 7.12. The van der Waals surface area contributed by atoms with Gasteiger partial charge in [0.05, 0.1) is 6.54 Å². The maximum atomic E-state index is 5.36. The molecule has 0 aliphatic carbocycles. The van der Waals surface area contributed by atoms with Crippen molar-refractivity contribution >= 4 is 17.3 Å². The Morgan fingerprint density at radius 1 is 1.40 bits per heavy atom. The van der Waals surface area contributed by atoms with Crippen molar-refractivity contribution in [2.75, 3.05) is 18.5 Å². The van der Waals surface area contributed by atoms with Crippen LogP contribution in [0.2, 0.25) is 0 Å². The second kappa shape index (κ2) is 7.45. The largest absolute Gasteiger partial charge is 0.382 e. The Morgan fingerprint density at radius 2 is 2.25 bits per heavy atom. The minimum Gasteiger partial charge on any atom is -0.382 e. The van der Waals surface area contributed by atoms with Gasteiger partial charge in [0.2, 0.25) is 5.95 Å². The zero-order valence-electron chi connectivity index (χ0n) is 12.5. The average Bonchev–Trinajstić information content (AvgIpc) is 3.00. The van der Waals surface area contributed by atoms with E-state index in [4.69, 9.17) is 4.74 Å². The van der Waals surface area contributed by atoms with Crippen LogP contribution in [0.25, 0.3) is 0 Å². The first-order valence-electron chi connectivity index (χ1n) is 7.09. The Hall–Kier alpha value is -1.33. The van der Waals surface area contributed by atoms with Crippen LogP contribution >= 0.6 is 11.3 Å². The van der Waals surface area contributed by atoms with Crippen LogP contribution in [-0.4, -0.2) is 22.8 Å². The predicted molar refractivity (Wildman–Crippen MR) is 84.5 cm³/mol. The van der Waals surface area contributed by atoms with Crippen LogP contribution in [0.3, 0.4) is 0 Å². The number of rotatable bonds is 8. The topological polar surface area (TPSA) is 39.1 Å². The summed E-state index contributed by atoms with van der Waals surface area (Å²) in [6.45, 7) is 9.70. The van der Waals surface area contributed by atoms with Crippen molar-refractivity contribution < 1.29 is 4.74 Å². The van der Waals surface area contributed by atoms with Crippen LogP contribution in [0.15, 0.2) is 18.5 Å². The molecular formula is C15H23N3OS. The number of hydrogen-bond acceptors (Lipinski definition) is 4. The van der Waals surface area contributed by atoms with Crippen molar-refractivity contribution in [2.24, 2.45) is 0 Å². The van der Waals surface area contributed by atoms with Gasteiger partial charge >= 0.3 is 0 Å². The first kappa shape index (κ1) is 15.1. The van der Waals surface area contributed by atoms with Crippen LogP contribution in [-0.2, 0) is 17.8 Å². The lowest BCUT2D eigenvalue weighted by Gasteiger charge is -2.09. The molecule has 0 atom stereocenters. The van der Waals surface area contributed by atoms with Crippen LogP contribution in [0.4, 0.5) is 5.95 Å². The summed E-state index contributed by atoms with van der Waals surface area (Å²) < 4.78 is 7.51. The number of aryl methyl sites for hydroxylation is 3. The predicted octanol–water partition coefficient (Wildman–Crippen LogP) is 3.60. The van der Waals surface area contributed by atoms with E-state index in [0.29, 0.717) is 0 Å². The smallest absolute Gasteiger partial charge is 0.203 e. The van der Waals surface area contributed by atoms with E-state index in [2.05, 4.69) is 34.8 Å². The molecule has 2 aromatic rings. The number of anilines is 1. The summed E-state index contributed by atoms with van der Waals surface area (Å²) >= 11 is 1.85. The van der Waals surface area contributed by atoms with Gasteiger partial charge < -0.3 is 14.6 Å². The fourth-order valence-electron chi connectivity index (χ4n) is 2.04. The lowest BCUT2D eigenvalue weighted by atomic mass is 10.3. The normalized spacial score (nSPS) is 10.9. The minimum absolute atomic E-state index is 0.784. The third-order valence-corrected chi connectivity index (χ3v) is 4.40. The summed E-state index contributed by atoms with van der Waals surface area (Å²) in [5.41, 5.74) is 1.37. The maximum absolute atomic E-state index is 5.36. The Balaban J connectivity index is 1.85. The minimum atomic E-state index is 0.784. The highest BCUT2D eigenvalue weighted by atomic mass is 32.1. The molecule has 0 aliphatic rings. The summed E-state index contributed by atoms with van der Waals surface area (Å²) in [6.07, 6.45) is 4.86. The molecule has 0 radical (unpaired) electrons. The highest BCUT2D eigenvalue weighted by Crippen LogP contribution is 2.21. The average molecular weight is 293 g/mol. The van der Waals surface area contributed by atoms with E-state index in [9.17, 15) is 0 Å². The molecule has 0 saturated carbocycles. The fraction of sp³-hybridized carbons (Fsp3) is 0.533. The Kier molecular flexibility index (Phi) is 5.61. The molecular weight excluding hydrogens is 270 g/mol. The number of nitrogens with zero attached hydrogens (tertiary/aromatic N) is 2. The van der Waals surface area contributed by atoms with Crippen molar-refractivity contribution in [1.82, 2.24) is 9.55 Å². The molecule has 0 aromatic carbocycles. The number of thiophene rings is 1. The van der Waals surface area contributed by atoms with Crippen molar-refractivity contribution in [1.29, 1.82) is 0 Å². The first-order valence-corrected chi connectivity index (χ1v) is 7.91. The molecule has 0 fully saturated rings. The van der Waals surface area contributed by atoms with Gasteiger partial charge in [-0.1, -0.05) is 0 Å². The third-order valence-electron chi connectivity index (χ3n) is 3.25. The summed E-state index contributed by atoms with van der Waals surface area (Å²) in [6, 6.07) is 2.25. The molecule has 5 heteroatoms. The van der Waals surface area contributed by atoms with E-state index in [1.165, 1.54) is 15.3 Å². The van der Waals surface area contributed by atoms with Gasteiger partial charge in [-0.15, -0.1) is 11.3 Å². The van der Waals surface area contributed by atoms with E-state index in [1.807, 2.05) is 30.7 Å². The molecule has 0 amide bonds. The Bertz CT molecular complexity index is 513. The summed E-state index contributed by atoms with van der Waals surface area (Å²) in [7, 11) is 0. The first-order chi connectivity index (χ1) is 9.70. The van der Waals surface area contributed by atoms with E-state index in [-0.39, 0.29) is 0 Å². The van der Waals surface area contributed by atoms with E-state index in [1.54, 1.807) is 0 Å². The van der Waals surface area contributed by atoms with Gasteiger partial charge in [-0.3, -0.25) is 0 Å². The van der Waals surface area contributed by atoms with E-state index in [0.717, 1.165) is 38.7 Å². The van der Waals surface area contributed by atoms with Crippen molar-refractivity contribution in [3.63, 3.8) is 0 Å². The molecule has 0 spiro atoms. The molecule has 20 heavy (non-hydrogen) atoms. The highest BCUT2D eigenvalue weighted by Gasteiger charge is 2.05. The molecule has 4 nitrogen and oxygen atoms in total. The molecule has 1 N–H and O–H groups in total. The second-order valence-corrected chi connectivity index (χ2v) is 6.14. The van der Waals surface area contributed by atoms with E-state index >= 15 is 0 Å². The van der Waals surface area contributed by atoms with Gasteiger partial charge in [-0.05, 0) is 38.8 Å². The van der Waals surface area contributed by atoms with Crippen LogP contribution < -0.4 is 5.32 Å². The lowest BCUT2D eigenvalue weighted by molar-refractivity contribution is 0.142. The molecule has 2 aromatic heterocycles. The number of nitrogens with one attached hydrogen (secondary N) is 1. The Labute approximate surface area is 124 Å². The third kappa shape index (κ3) is 4.08. The molecule has 0 unspecified atom stereocenters. The molecule has 2 rings (SSSR count). The van der Waals surface area contributed by atoms with Crippen molar-refractivity contribution in [3.8, 4) is 0 Å². The number of imidazole rings is 1. The summed E-state index contributed by atoms with van der Waals surface area (Å²) in [5, 5.41) is 3.41. The fourth-order valence-corrected chi connectivity index (χ4v) is 3.03. The number of ether oxygens (including phenoxy) is 1. The second-order valence-electron chi connectivity index (χ2n) is 4.80. The number of aromatic nitrogens is 2. The molecule has 0 aliphatic heterocycles. The van der Waals surface area contributed by atoms with Gasteiger partial charge in [0.1, 0.15) is 0 Å². The van der Waals surface area contributed by atoms with E-state index < -0.39 is 0 Å². The Morgan fingerprint density at radius 3 is 2.95 bits per heavy atom. The zero-order valence-corrected chi connectivity index (χ0v) is 13.3. The molecule has 0 saturated heterocycles. The van der Waals surface area contributed by atoms with Gasteiger partial charge in [0, 0.05) is 41.9 Å². The van der Waals surface area contributed by atoms with Crippen LogP contribution in [0.1, 0.15) is 28.7 Å². The van der Waals surface area contributed by atoms with Gasteiger partial charge in [-0.2, -0.15) is 0 Å². The summed E-state index contributed by atoms with van der Waals surface area (Å²) in [5.74, 6) is 0.935. The quantitative estimate of drug-likeness (QED) is 0.756. The maximum Gasteiger partial charge on any atom is 0.203 e. The van der Waals surface area contributed by atoms with Crippen molar-refractivity contribution in [3.05, 3.63) is 33.8 Å². The monoisotopic (exact) mass is 293 g/mol. The standard InChI is InChI=1S/C15H23N3OS/c1-4-19-9-5-7-18-8-6-16-15(18)17-11-14-10-12(2)13(3)20-14/h6,8,10H,4-5,7,9,11H2,1-3H3,(H,16,17). The lowest BCUT2D eigenvalue weighted by Crippen LogP contribution is -2.08. The highest BCUT2D eigenvalue weighted by molar-refractivity contribution is 7.12. The van der Waals surface area contributed by atoms with Gasteiger partial charge in [0.15, 0.2) is 0 Å². The van der Waals surface area contributed by atoms with Gasteiger partial charge in [0.25, 0.3) is 0 Å². The molecule has 0 bridgehead atoms. The molecule has 2 heterocycles. The number of hydrogen-bond donors (Lipinski definition) is 1. The van der Waals surface area contributed by atoms with Gasteiger partial charge in [-0.25, -0.2) is 4.98 Å².